The molecule has 0 saturated heterocycles. The minimum atomic E-state index is -0.437. The van der Waals surface area contributed by atoms with Crippen molar-refractivity contribution in [2.75, 3.05) is 13.7 Å². The minimum absolute atomic E-state index is 0.128. The van der Waals surface area contributed by atoms with E-state index in [0.717, 1.165) is 25.7 Å². The van der Waals surface area contributed by atoms with Gasteiger partial charge >= 0.3 is 11.9 Å². The van der Waals surface area contributed by atoms with Crippen molar-refractivity contribution in [3.8, 4) is 0 Å². The number of unbranched alkanes of at least 4 members (excludes halogenated alkanes) is 2. The number of ether oxygens (including phenoxy) is 2. The Balaban J connectivity index is 3.76. The Bertz CT molecular complexity index is 338. The Kier molecular flexibility index (Phi) is 12.4. The second-order valence-corrected chi connectivity index (χ2v) is 5.60. The molecular weight excluding hydrogens is 284 g/mol. The second-order valence-electron chi connectivity index (χ2n) is 5.60. The summed E-state index contributed by atoms with van der Waals surface area (Å²) < 4.78 is 9.71. The van der Waals surface area contributed by atoms with Crippen LogP contribution in [-0.4, -0.2) is 31.4 Å². The average Bonchev–Trinajstić information content (AvgIpc) is 2.51. The van der Waals surface area contributed by atoms with E-state index in [1.54, 1.807) is 0 Å². The van der Waals surface area contributed by atoms with Gasteiger partial charge in [-0.05, 0) is 25.2 Å². The van der Waals surface area contributed by atoms with Crippen molar-refractivity contribution in [2.45, 2.75) is 71.6 Å². The lowest BCUT2D eigenvalue weighted by Gasteiger charge is -2.14. The fourth-order valence-corrected chi connectivity index (χ4v) is 2.10. The third-order valence-electron chi connectivity index (χ3n) is 3.68. The summed E-state index contributed by atoms with van der Waals surface area (Å²) in [7, 11) is 1.34. The van der Waals surface area contributed by atoms with Crippen molar-refractivity contribution < 1.29 is 23.9 Å². The Morgan fingerprint density at radius 3 is 2.23 bits per heavy atom. The summed E-state index contributed by atoms with van der Waals surface area (Å²) in [6.07, 6.45) is 5.95. The normalized spacial score (nSPS) is 11.8. The van der Waals surface area contributed by atoms with Crippen LogP contribution in [0.1, 0.15) is 71.6 Å². The minimum Gasteiger partial charge on any atom is -0.469 e. The maximum Gasteiger partial charge on any atom is 0.313 e. The van der Waals surface area contributed by atoms with Crippen LogP contribution >= 0.6 is 0 Å². The smallest absolute Gasteiger partial charge is 0.313 e. The first kappa shape index (κ1) is 20.6. The van der Waals surface area contributed by atoms with Crippen molar-refractivity contribution in [2.24, 2.45) is 5.92 Å². The van der Waals surface area contributed by atoms with Gasteiger partial charge in [-0.1, -0.05) is 33.1 Å². The number of ketones is 1. The summed E-state index contributed by atoms with van der Waals surface area (Å²) in [4.78, 5) is 34.2. The largest absolute Gasteiger partial charge is 0.469 e. The van der Waals surface area contributed by atoms with Crippen molar-refractivity contribution in [1.29, 1.82) is 0 Å². The first-order valence-corrected chi connectivity index (χ1v) is 8.27. The summed E-state index contributed by atoms with van der Waals surface area (Å²) in [6, 6.07) is 0. The fraction of sp³-hybridized carbons (Fsp3) is 0.824. The van der Waals surface area contributed by atoms with Gasteiger partial charge in [0.25, 0.3) is 0 Å². The van der Waals surface area contributed by atoms with E-state index >= 15 is 0 Å². The molecule has 0 aliphatic heterocycles. The summed E-state index contributed by atoms with van der Waals surface area (Å²) >= 11 is 0. The molecule has 22 heavy (non-hydrogen) atoms. The zero-order chi connectivity index (χ0) is 16.8. The van der Waals surface area contributed by atoms with Gasteiger partial charge in [-0.3, -0.25) is 14.4 Å². The molecule has 0 rings (SSSR count). The number of rotatable bonds is 13. The van der Waals surface area contributed by atoms with Gasteiger partial charge in [0.15, 0.2) is 0 Å². The fourth-order valence-electron chi connectivity index (χ4n) is 2.10. The standard InChI is InChI=1S/C17H30O5/c1-4-6-9-14(5-2)13-22-17(20)12-15(18)10-7-8-11-16(19)21-3/h14H,4-13H2,1-3H3. The van der Waals surface area contributed by atoms with Crippen LogP contribution in [0.3, 0.4) is 0 Å². The van der Waals surface area contributed by atoms with Gasteiger partial charge in [-0.25, -0.2) is 0 Å². The number of methoxy groups -OCH3 is 1. The summed E-state index contributed by atoms with van der Waals surface area (Å²) in [5.41, 5.74) is 0. The molecule has 0 radical (unpaired) electrons. The van der Waals surface area contributed by atoms with Crippen molar-refractivity contribution in [3.05, 3.63) is 0 Å². The number of carbonyl (C=O) groups is 3. The molecule has 0 aromatic carbocycles. The molecule has 0 saturated carbocycles. The molecule has 0 aromatic rings. The van der Waals surface area contributed by atoms with Crippen LogP contribution in [0.4, 0.5) is 0 Å². The molecule has 0 heterocycles. The van der Waals surface area contributed by atoms with Crippen LogP contribution in [0.2, 0.25) is 0 Å². The maximum absolute atomic E-state index is 11.6. The Morgan fingerprint density at radius 2 is 1.64 bits per heavy atom. The molecule has 0 aromatic heterocycles. The highest BCUT2D eigenvalue weighted by Gasteiger charge is 2.13. The summed E-state index contributed by atoms with van der Waals surface area (Å²) in [6.45, 7) is 4.63. The molecule has 0 spiro atoms. The number of esters is 2. The Labute approximate surface area is 133 Å². The van der Waals surface area contributed by atoms with Crippen LogP contribution < -0.4 is 0 Å². The van der Waals surface area contributed by atoms with E-state index in [2.05, 4.69) is 18.6 Å². The highest BCUT2D eigenvalue weighted by Crippen LogP contribution is 2.13. The molecule has 0 bridgehead atoms. The van der Waals surface area contributed by atoms with Gasteiger partial charge in [0.2, 0.25) is 0 Å². The highest BCUT2D eigenvalue weighted by atomic mass is 16.5. The maximum atomic E-state index is 11.6. The number of hydrogen-bond acceptors (Lipinski definition) is 5. The van der Waals surface area contributed by atoms with Crippen LogP contribution in [0.25, 0.3) is 0 Å². The highest BCUT2D eigenvalue weighted by molar-refractivity contribution is 5.95. The topological polar surface area (TPSA) is 69.7 Å². The quantitative estimate of drug-likeness (QED) is 0.296. The molecule has 5 nitrogen and oxygen atoms in total. The predicted molar refractivity (Wildman–Crippen MR) is 84.4 cm³/mol. The van der Waals surface area contributed by atoms with Crippen molar-refractivity contribution >= 4 is 17.7 Å². The molecule has 128 valence electrons. The van der Waals surface area contributed by atoms with Crippen LogP contribution in [0.15, 0.2) is 0 Å². The SMILES string of the molecule is CCCCC(CC)COC(=O)CC(=O)CCCCC(=O)OC. The first-order chi connectivity index (χ1) is 10.5. The lowest BCUT2D eigenvalue weighted by Crippen LogP contribution is -2.16. The third-order valence-corrected chi connectivity index (χ3v) is 3.68. The monoisotopic (exact) mass is 314 g/mol. The van der Waals surface area contributed by atoms with E-state index in [1.165, 1.54) is 7.11 Å². The Morgan fingerprint density at radius 1 is 0.955 bits per heavy atom. The number of Topliss-reactive ketones (excluding diaryl/α,β-unsaturated/α-hetero) is 1. The van der Waals surface area contributed by atoms with Gasteiger partial charge in [0.05, 0.1) is 13.7 Å². The molecule has 0 aliphatic carbocycles. The van der Waals surface area contributed by atoms with Crippen molar-refractivity contribution in [3.63, 3.8) is 0 Å². The zero-order valence-electron chi connectivity index (χ0n) is 14.2. The van der Waals surface area contributed by atoms with Crippen LogP contribution in [0, 0.1) is 5.92 Å². The molecule has 5 heteroatoms. The lowest BCUT2D eigenvalue weighted by molar-refractivity contribution is -0.147. The first-order valence-electron chi connectivity index (χ1n) is 8.27. The molecule has 1 atom stereocenters. The van der Waals surface area contributed by atoms with E-state index in [4.69, 9.17) is 4.74 Å². The van der Waals surface area contributed by atoms with Gasteiger partial charge in [0.1, 0.15) is 12.2 Å². The van der Waals surface area contributed by atoms with Crippen molar-refractivity contribution in [1.82, 2.24) is 0 Å². The lowest BCUT2D eigenvalue weighted by atomic mass is 10.0. The summed E-state index contributed by atoms with van der Waals surface area (Å²) in [5.74, 6) is -0.451. The molecule has 0 aliphatic rings. The second kappa shape index (κ2) is 13.3. The van der Waals surface area contributed by atoms with E-state index in [1.807, 2.05) is 0 Å². The van der Waals surface area contributed by atoms with E-state index in [-0.39, 0.29) is 18.2 Å². The molecule has 1 unspecified atom stereocenters. The van der Waals surface area contributed by atoms with Gasteiger partial charge in [0, 0.05) is 12.8 Å². The van der Waals surface area contributed by atoms with Crippen LogP contribution in [-0.2, 0) is 23.9 Å². The number of hydrogen-bond donors (Lipinski definition) is 0. The van der Waals surface area contributed by atoms with E-state index in [9.17, 15) is 14.4 Å². The predicted octanol–water partition coefficient (Wildman–Crippen LogP) is 3.44. The molecular formula is C17H30O5. The zero-order valence-corrected chi connectivity index (χ0v) is 14.2. The molecule has 0 fully saturated rings. The van der Waals surface area contributed by atoms with E-state index < -0.39 is 5.97 Å². The molecule has 0 N–H and O–H groups in total. The van der Waals surface area contributed by atoms with Gasteiger partial charge in [-0.2, -0.15) is 0 Å². The van der Waals surface area contributed by atoms with Gasteiger partial charge in [-0.15, -0.1) is 0 Å². The number of carbonyl (C=O) groups excluding carboxylic acids is 3. The Hall–Kier alpha value is -1.39. The van der Waals surface area contributed by atoms with E-state index in [0.29, 0.717) is 38.2 Å². The average molecular weight is 314 g/mol. The van der Waals surface area contributed by atoms with Crippen LogP contribution in [0.5, 0.6) is 0 Å². The molecule has 0 amide bonds. The third kappa shape index (κ3) is 11.3. The summed E-state index contributed by atoms with van der Waals surface area (Å²) in [5, 5.41) is 0. The van der Waals surface area contributed by atoms with Gasteiger partial charge < -0.3 is 9.47 Å².